The minimum atomic E-state index is -0.615. The number of aryl methyl sites for hydroxylation is 1. The summed E-state index contributed by atoms with van der Waals surface area (Å²) < 4.78 is 10.5. The fraction of sp³-hybridized carbons (Fsp3) is 0.400. The summed E-state index contributed by atoms with van der Waals surface area (Å²) in [5, 5.41) is 4.26. The zero-order valence-corrected chi connectivity index (χ0v) is 13.7. The van der Waals surface area contributed by atoms with Crippen molar-refractivity contribution in [2.75, 3.05) is 14.1 Å². The van der Waals surface area contributed by atoms with E-state index in [9.17, 15) is 4.79 Å². The Labute approximate surface area is 134 Å². The topological polar surface area (TPSA) is 68.5 Å². The first-order valence-electron chi connectivity index (χ1n) is 6.81. The lowest BCUT2D eigenvalue weighted by molar-refractivity contribution is -0.155. The van der Waals surface area contributed by atoms with Crippen LogP contribution < -0.4 is 0 Å². The number of hydrogen-bond donors (Lipinski definition) is 0. The van der Waals surface area contributed by atoms with Gasteiger partial charge in [-0.15, -0.1) is 0 Å². The molecule has 1 aromatic heterocycles. The highest BCUT2D eigenvalue weighted by atomic mass is 35.5. The van der Waals surface area contributed by atoms with Crippen molar-refractivity contribution in [3.05, 3.63) is 46.6 Å². The van der Waals surface area contributed by atoms with Crippen LogP contribution in [0.5, 0.6) is 0 Å². The largest absolute Gasteiger partial charge is 0.451 e. The van der Waals surface area contributed by atoms with E-state index in [4.69, 9.17) is 20.9 Å². The highest BCUT2D eigenvalue weighted by Crippen LogP contribution is 2.25. The Kier molecular flexibility index (Phi) is 5.15. The van der Waals surface area contributed by atoms with Crippen LogP contribution in [0.4, 0.5) is 0 Å². The van der Waals surface area contributed by atoms with Gasteiger partial charge in [0.25, 0.3) is 5.89 Å². The number of carbonyl (C=O) groups is 1. The summed E-state index contributed by atoms with van der Waals surface area (Å²) in [7, 11) is 3.60. The van der Waals surface area contributed by atoms with E-state index in [1.54, 1.807) is 51.0 Å². The Morgan fingerprint density at radius 1 is 1.41 bits per heavy atom. The van der Waals surface area contributed by atoms with E-state index in [1.165, 1.54) is 0 Å². The Morgan fingerprint density at radius 2 is 2.14 bits per heavy atom. The van der Waals surface area contributed by atoms with Gasteiger partial charge in [-0.2, -0.15) is 4.98 Å². The maximum Gasteiger partial charge on any atom is 0.328 e. The van der Waals surface area contributed by atoms with E-state index in [0.29, 0.717) is 10.8 Å². The fourth-order valence-corrected chi connectivity index (χ4v) is 2.29. The Hall–Kier alpha value is -1.92. The summed E-state index contributed by atoms with van der Waals surface area (Å²) in [6.07, 6.45) is -0.615. The van der Waals surface area contributed by atoms with Crippen LogP contribution in [0, 0.1) is 6.92 Å². The molecule has 2 aromatic rings. The van der Waals surface area contributed by atoms with Gasteiger partial charge in [-0.1, -0.05) is 28.9 Å². The number of hydrogen-bond acceptors (Lipinski definition) is 6. The molecule has 0 aliphatic heterocycles. The predicted molar refractivity (Wildman–Crippen MR) is 81.4 cm³/mol. The second-order valence-electron chi connectivity index (χ2n) is 5.18. The van der Waals surface area contributed by atoms with Gasteiger partial charge < -0.3 is 9.26 Å². The van der Waals surface area contributed by atoms with Gasteiger partial charge in [-0.3, -0.25) is 4.90 Å². The molecule has 2 unspecified atom stereocenters. The zero-order valence-electron chi connectivity index (χ0n) is 12.9. The molecule has 7 heteroatoms. The lowest BCUT2D eigenvalue weighted by atomic mass is 10.1. The molecule has 0 radical (unpaired) electrons. The van der Waals surface area contributed by atoms with Crippen LogP contribution in [0.15, 0.2) is 28.8 Å². The number of ether oxygens (including phenoxy) is 1. The summed E-state index contributed by atoms with van der Waals surface area (Å²) in [6, 6.07) is 6.57. The molecule has 0 saturated carbocycles. The van der Waals surface area contributed by atoms with Gasteiger partial charge in [0.2, 0.25) is 0 Å². The van der Waals surface area contributed by atoms with E-state index in [1.807, 2.05) is 6.07 Å². The summed E-state index contributed by atoms with van der Waals surface area (Å²) in [4.78, 5) is 18.3. The monoisotopic (exact) mass is 323 g/mol. The van der Waals surface area contributed by atoms with Crippen molar-refractivity contribution in [3.8, 4) is 0 Å². The van der Waals surface area contributed by atoms with Crippen LogP contribution in [0.3, 0.4) is 0 Å². The second-order valence-corrected chi connectivity index (χ2v) is 5.62. The summed E-state index contributed by atoms with van der Waals surface area (Å²) in [5.74, 6) is 0.363. The third-order valence-corrected chi connectivity index (χ3v) is 3.32. The van der Waals surface area contributed by atoms with Crippen LogP contribution in [-0.4, -0.2) is 35.1 Å². The smallest absolute Gasteiger partial charge is 0.328 e. The quantitative estimate of drug-likeness (QED) is 0.788. The highest BCUT2D eigenvalue weighted by molar-refractivity contribution is 6.30. The van der Waals surface area contributed by atoms with Crippen LogP contribution >= 0.6 is 11.6 Å². The minimum absolute atomic E-state index is 0.273. The molecule has 118 valence electrons. The molecule has 22 heavy (non-hydrogen) atoms. The maximum atomic E-state index is 12.5. The minimum Gasteiger partial charge on any atom is -0.451 e. The number of nitrogens with zero attached hydrogens (tertiary/aromatic N) is 3. The van der Waals surface area contributed by atoms with Crippen molar-refractivity contribution >= 4 is 17.6 Å². The number of likely N-dealkylation sites (N-methyl/N-ethyl adjacent to an activating group) is 1. The highest BCUT2D eigenvalue weighted by Gasteiger charge is 2.28. The molecule has 6 nitrogen and oxygen atoms in total. The average molecular weight is 324 g/mol. The van der Waals surface area contributed by atoms with Gasteiger partial charge in [0.05, 0.1) is 0 Å². The van der Waals surface area contributed by atoms with E-state index in [2.05, 4.69) is 10.1 Å². The number of esters is 1. The Bertz CT molecular complexity index is 657. The molecule has 0 saturated heterocycles. The van der Waals surface area contributed by atoms with Gasteiger partial charge in [0, 0.05) is 5.02 Å². The number of rotatable bonds is 5. The summed E-state index contributed by atoms with van der Waals surface area (Å²) in [5.41, 5.74) is 0.761. The van der Waals surface area contributed by atoms with E-state index >= 15 is 0 Å². The number of carbonyl (C=O) groups excluding carboxylic acids is 1. The molecule has 1 heterocycles. The molecular weight excluding hydrogens is 306 g/mol. The van der Waals surface area contributed by atoms with Crippen molar-refractivity contribution in [1.29, 1.82) is 0 Å². The lowest BCUT2D eigenvalue weighted by Crippen LogP contribution is -2.30. The summed E-state index contributed by atoms with van der Waals surface area (Å²) >= 11 is 6.00. The molecule has 0 spiro atoms. The first-order chi connectivity index (χ1) is 10.4. The Balaban J connectivity index is 2.17. The van der Waals surface area contributed by atoms with E-state index < -0.39 is 18.1 Å². The fourth-order valence-electron chi connectivity index (χ4n) is 2.09. The first kappa shape index (κ1) is 16.5. The van der Waals surface area contributed by atoms with Crippen LogP contribution in [0.1, 0.15) is 36.3 Å². The zero-order chi connectivity index (χ0) is 16.3. The van der Waals surface area contributed by atoms with Crippen LogP contribution in [0.2, 0.25) is 5.02 Å². The molecular formula is C15H18ClN3O3. The molecule has 2 atom stereocenters. The molecule has 2 rings (SSSR count). The van der Waals surface area contributed by atoms with Crippen molar-refractivity contribution in [2.45, 2.75) is 26.0 Å². The van der Waals surface area contributed by atoms with E-state index in [-0.39, 0.29) is 5.89 Å². The van der Waals surface area contributed by atoms with Crippen molar-refractivity contribution in [3.63, 3.8) is 0 Å². The van der Waals surface area contributed by atoms with Crippen molar-refractivity contribution in [2.24, 2.45) is 0 Å². The van der Waals surface area contributed by atoms with Crippen molar-refractivity contribution < 1.29 is 14.1 Å². The van der Waals surface area contributed by atoms with Gasteiger partial charge in [0.1, 0.15) is 6.04 Å². The standard InChI is InChI=1S/C15H18ClN3O3/c1-9(14-17-10(2)18-22-14)21-15(20)13(19(3)4)11-6-5-7-12(16)8-11/h5-9,13H,1-4H3. The second kappa shape index (κ2) is 6.89. The predicted octanol–water partition coefficient (Wildman–Crippen LogP) is 2.94. The third kappa shape index (κ3) is 3.84. The molecule has 0 N–H and O–H groups in total. The van der Waals surface area contributed by atoms with Crippen LogP contribution in [0.25, 0.3) is 0 Å². The van der Waals surface area contributed by atoms with Gasteiger partial charge >= 0.3 is 5.97 Å². The van der Waals surface area contributed by atoms with Gasteiger partial charge in [-0.25, -0.2) is 4.79 Å². The lowest BCUT2D eigenvalue weighted by Gasteiger charge is -2.24. The molecule has 0 aliphatic rings. The molecule has 1 aromatic carbocycles. The average Bonchev–Trinajstić information content (AvgIpc) is 2.85. The first-order valence-corrected chi connectivity index (χ1v) is 7.19. The van der Waals surface area contributed by atoms with Gasteiger partial charge in [-0.05, 0) is 45.6 Å². The number of aromatic nitrogens is 2. The molecule has 0 aliphatic carbocycles. The van der Waals surface area contributed by atoms with E-state index in [0.717, 1.165) is 5.56 Å². The number of benzene rings is 1. The normalized spacial score (nSPS) is 13.9. The SMILES string of the molecule is Cc1noc(C(C)OC(=O)C(c2cccc(Cl)c2)N(C)C)n1. The van der Waals surface area contributed by atoms with Crippen molar-refractivity contribution in [1.82, 2.24) is 15.0 Å². The maximum absolute atomic E-state index is 12.5. The molecule has 0 fully saturated rings. The molecule has 0 amide bonds. The van der Waals surface area contributed by atoms with Gasteiger partial charge in [0.15, 0.2) is 11.9 Å². The molecule has 0 bridgehead atoms. The van der Waals surface area contributed by atoms with Crippen LogP contribution in [-0.2, 0) is 9.53 Å². The third-order valence-electron chi connectivity index (χ3n) is 3.09. The summed E-state index contributed by atoms with van der Waals surface area (Å²) in [6.45, 7) is 3.39. The number of halogens is 1. The Morgan fingerprint density at radius 3 is 2.68 bits per heavy atom.